The molecule has 5 heteroatoms. The maximum absolute atomic E-state index is 12.1. The number of benzene rings is 1. The first-order valence-corrected chi connectivity index (χ1v) is 6.78. The van der Waals surface area contributed by atoms with Gasteiger partial charge < -0.3 is 10.6 Å². The Hall–Kier alpha value is -0.810. The molecule has 1 rings (SSSR count). The van der Waals surface area contributed by atoms with Crippen LogP contribution in [0.1, 0.15) is 20.8 Å². The lowest BCUT2D eigenvalue weighted by Crippen LogP contribution is -2.38. The van der Waals surface area contributed by atoms with Crippen LogP contribution in [0.2, 0.25) is 0 Å². The minimum absolute atomic E-state index is 0.111. The highest BCUT2D eigenvalue weighted by molar-refractivity contribution is 7.99. The normalized spacial score (nSPS) is 11.9. The monoisotopic (exact) mass is 274 g/mol. The van der Waals surface area contributed by atoms with Crippen molar-refractivity contribution in [3.63, 3.8) is 0 Å². The lowest BCUT2D eigenvalue weighted by Gasteiger charge is -2.20. The molecule has 0 aliphatic carbocycles. The van der Waals surface area contributed by atoms with Crippen molar-refractivity contribution in [1.29, 1.82) is 0 Å². The average molecular weight is 274 g/mol. The maximum Gasteiger partial charge on any atom is 0.288 e. The molecule has 0 fully saturated rings. The van der Waals surface area contributed by atoms with E-state index in [0.717, 1.165) is 18.8 Å². The van der Waals surface area contributed by atoms with Crippen molar-refractivity contribution >= 4 is 17.4 Å². The van der Waals surface area contributed by atoms with Gasteiger partial charge in [-0.05, 0) is 45.0 Å². The predicted octanol–water partition coefficient (Wildman–Crippen LogP) is 3.80. The standard InChI is InChI=1S/C13H20F2N2S/c1-13(2,3)17-9-8-16-10-4-6-11(7-5-10)18-12(14)15/h4-7,12,16-17H,8-9H2,1-3H3. The zero-order valence-electron chi connectivity index (χ0n) is 11.0. The van der Waals surface area contributed by atoms with Gasteiger partial charge in [-0.15, -0.1) is 0 Å². The SMILES string of the molecule is CC(C)(C)NCCNc1ccc(SC(F)F)cc1. The van der Waals surface area contributed by atoms with Crippen LogP contribution in [0.25, 0.3) is 0 Å². The number of nitrogens with one attached hydrogen (secondary N) is 2. The Morgan fingerprint density at radius 3 is 2.22 bits per heavy atom. The van der Waals surface area contributed by atoms with E-state index in [1.807, 2.05) is 12.1 Å². The molecule has 102 valence electrons. The van der Waals surface area contributed by atoms with Gasteiger partial charge in [0.25, 0.3) is 5.76 Å². The zero-order valence-corrected chi connectivity index (χ0v) is 11.8. The Bertz CT molecular complexity index is 347. The lowest BCUT2D eigenvalue weighted by molar-refractivity contribution is 0.252. The lowest BCUT2D eigenvalue weighted by atomic mass is 10.1. The van der Waals surface area contributed by atoms with Crippen molar-refractivity contribution in [3.8, 4) is 0 Å². The van der Waals surface area contributed by atoms with E-state index in [1.165, 1.54) is 0 Å². The van der Waals surface area contributed by atoms with Gasteiger partial charge in [0, 0.05) is 29.2 Å². The van der Waals surface area contributed by atoms with Gasteiger partial charge in [0.1, 0.15) is 0 Å². The van der Waals surface area contributed by atoms with Gasteiger partial charge in [-0.3, -0.25) is 0 Å². The van der Waals surface area contributed by atoms with E-state index in [9.17, 15) is 8.78 Å². The molecule has 0 aromatic heterocycles. The Morgan fingerprint density at radius 2 is 1.72 bits per heavy atom. The van der Waals surface area contributed by atoms with Crippen LogP contribution in [0.3, 0.4) is 0 Å². The highest BCUT2D eigenvalue weighted by atomic mass is 32.2. The largest absolute Gasteiger partial charge is 0.384 e. The van der Waals surface area contributed by atoms with Crippen LogP contribution >= 0.6 is 11.8 Å². The topological polar surface area (TPSA) is 24.1 Å². The summed E-state index contributed by atoms with van der Waals surface area (Å²) in [6.07, 6.45) is 0. The average Bonchev–Trinajstić information content (AvgIpc) is 2.24. The van der Waals surface area contributed by atoms with Gasteiger partial charge in [0.2, 0.25) is 0 Å². The summed E-state index contributed by atoms with van der Waals surface area (Å²) in [5.41, 5.74) is 1.06. The molecule has 0 amide bonds. The smallest absolute Gasteiger partial charge is 0.288 e. The fourth-order valence-corrected chi connectivity index (χ4v) is 1.90. The number of halogens is 2. The van der Waals surface area contributed by atoms with Crippen LogP contribution < -0.4 is 10.6 Å². The van der Waals surface area contributed by atoms with Crippen molar-refractivity contribution in [2.75, 3.05) is 18.4 Å². The molecule has 0 aliphatic heterocycles. The fourth-order valence-electron chi connectivity index (χ4n) is 1.40. The molecule has 18 heavy (non-hydrogen) atoms. The third-order valence-electron chi connectivity index (χ3n) is 2.19. The number of hydrogen-bond donors (Lipinski definition) is 2. The van der Waals surface area contributed by atoms with Crippen molar-refractivity contribution in [3.05, 3.63) is 24.3 Å². The van der Waals surface area contributed by atoms with Gasteiger partial charge >= 0.3 is 0 Å². The Morgan fingerprint density at radius 1 is 1.11 bits per heavy atom. The fraction of sp³-hybridized carbons (Fsp3) is 0.538. The number of hydrogen-bond acceptors (Lipinski definition) is 3. The summed E-state index contributed by atoms with van der Waals surface area (Å²) < 4.78 is 24.2. The van der Waals surface area contributed by atoms with E-state index >= 15 is 0 Å². The summed E-state index contributed by atoms with van der Waals surface area (Å²) in [6, 6.07) is 7.05. The summed E-state index contributed by atoms with van der Waals surface area (Å²) in [7, 11) is 0. The molecule has 0 bridgehead atoms. The molecule has 2 N–H and O–H groups in total. The molecule has 0 heterocycles. The van der Waals surface area contributed by atoms with E-state index in [0.29, 0.717) is 16.7 Å². The molecule has 0 saturated carbocycles. The summed E-state index contributed by atoms with van der Waals surface area (Å²) in [6.45, 7) is 8.01. The second kappa shape index (κ2) is 6.95. The van der Waals surface area contributed by atoms with Gasteiger partial charge in [-0.25, -0.2) is 0 Å². The van der Waals surface area contributed by atoms with E-state index in [-0.39, 0.29) is 5.54 Å². The van der Waals surface area contributed by atoms with Crippen LogP contribution in [-0.2, 0) is 0 Å². The van der Waals surface area contributed by atoms with Gasteiger partial charge in [-0.1, -0.05) is 11.8 Å². The molecule has 1 aromatic rings. The first kappa shape index (κ1) is 15.2. The number of alkyl halides is 2. The summed E-state index contributed by atoms with van der Waals surface area (Å²) >= 11 is 0.565. The third-order valence-corrected chi connectivity index (χ3v) is 2.91. The molecule has 0 saturated heterocycles. The van der Waals surface area contributed by atoms with Gasteiger partial charge in [0.15, 0.2) is 0 Å². The van der Waals surface area contributed by atoms with Crippen molar-refractivity contribution in [1.82, 2.24) is 5.32 Å². The zero-order chi connectivity index (χ0) is 13.6. The second-order valence-corrected chi connectivity index (χ2v) is 6.07. The Balaban J connectivity index is 2.31. The minimum Gasteiger partial charge on any atom is -0.384 e. The molecule has 0 spiro atoms. The van der Waals surface area contributed by atoms with Crippen LogP contribution in [0.4, 0.5) is 14.5 Å². The van der Waals surface area contributed by atoms with Crippen LogP contribution in [0.15, 0.2) is 29.2 Å². The van der Waals surface area contributed by atoms with E-state index in [1.54, 1.807) is 12.1 Å². The number of anilines is 1. The van der Waals surface area contributed by atoms with E-state index in [4.69, 9.17) is 0 Å². The van der Waals surface area contributed by atoms with Crippen LogP contribution in [-0.4, -0.2) is 24.4 Å². The number of thioether (sulfide) groups is 1. The maximum atomic E-state index is 12.1. The molecule has 1 aromatic carbocycles. The van der Waals surface area contributed by atoms with Crippen molar-refractivity contribution < 1.29 is 8.78 Å². The highest BCUT2D eigenvalue weighted by Crippen LogP contribution is 2.25. The van der Waals surface area contributed by atoms with Gasteiger partial charge in [0.05, 0.1) is 0 Å². The van der Waals surface area contributed by atoms with Crippen molar-refractivity contribution in [2.45, 2.75) is 37.0 Å². The summed E-state index contributed by atoms with van der Waals surface area (Å²) in [5.74, 6) is -2.36. The van der Waals surface area contributed by atoms with E-state index in [2.05, 4.69) is 31.4 Å². The molecule has 0 unspecified atom stereocenters. The quantitative estimate of drug-likeness (QED) is 0.609. The molecule has 0 aliphatic rings. The molecule has 0 atom stereocenters. The first-order valence-electron chi connectivity index (χ1n) is 5.90. The molecular formula is C13H20F2N2S. The minimum atomic E-state index is -2.36. The molecule has 0 radical (unpaired) electrons. The third kappa shape index (κ3) is 6.81. The summed E-state index contributed by atoms with van der Waals surface area (Å²) in [5, 5.41) is 6.60. The van der Waals surface area contributed by atoms with E-state index < -0.39 is 5.76 Å². The summed E-state index contributed by atoms with van der Waals surface area (Å²) in [4.78, 5) is 0.586. The van der Waals surface area contributed by atoms with Crippen molar-refractivity contribution in [2.24, 2.45) is 0 Å². The second-order valence-electron chi connectivity index (χ2n) is 5.01. The number of rotatable bonds is 6. The Labute approximate surface area is 112 Å². The van der Waals surface area contributed by atoms with Crippen LogP contribution in [0.5, 0.6) is 0 Å². The highest BCUT2D eigenvalue weighted by Gasteiger charge is 2.07. The first-order chi connectivity index (χ1) is 8.37. The van der Waals surface area contributed by atoms with Gasteiger partial charge in [-0.2, -0.15) is 8.78 Å². The van der Waals surface area contributed by atoms with Crippen LogP contribution in [0, 0.1) is 0 Å². The Kier molecular flexibility index (Phi) is 5.88. The molecular weight excluding hydrogens is 254 g/mol. The molecule has 2 nitrogen and oxygen atoms in total. The predicted molar refractivity (Wildman–Crippen MR) is 74.5 cm³/mol.